The minimum atomic E-state index is 0.0850. The molecule has 1 fully saturated rings. The second kappa shape index (κ2) is 7.79. The molecule has 3 nitrogen and oxygen atoms in total. The molecular formula is C16H22ClIN2O. The first-order valence-electron chi connectivity index (χ1n) is 7.45. The van der Waals surface area contributed by atoms with Gasteiger partial charge in [0.05, 0.1) is 5.02 Å². The maximum Gasteiger partial charge on any atom is 0.254 e. The molecule has 1 aromatic rings. The largest absolute Gasteiger partial charge is 0.336 e. The molecule has 1 aliphatic rings. The van der Waals surface area contributed by atoms with E-state index in [4.69, 9.17) is 11.6 Å². The zero-order valence-electron chi connectivity index (χ0n) is 12.5. The molecule has 1 heterocycles. The highest BCUT2D eigenvalue weighted by Gasteiger charge is 2.24. The van der Waals surface area contributed by atoms with Gasteiger partial charge >= 0.3 is 0 Å². The van der Waals surface area contributed by atoms with E-state index in [9.17, 15) is 4.79 Å². The van der Waals surface area contributed by atoms with Crippen LogP contribution in [0.5, 0.6) is 0 Å². The van der Waals surface area contributed by atoms with E-state index in [1.807, 2.05) is 17.0 Å². The van der Waals surface area contributed by atoms with Gasteiger partial charge in [0, 0.05) is 21.7 Å². The summed E-state index contributed by atoms with van der Waals surface area (Å²) < 4.78 is 0.972. The standard InChI is InChI=1S/C16H22ClIN2O/c1-11(2)20(10-12-5-7-19-8-6-12)16(21)13-3-4-15(18)14(17)9-13/h3-4,9,11-12,19H,5-8,10H2,1-2H3. The van der Waals surface area contributed by atoms with Crippen molar-refractivity contribution in [3.8, 4) is 0 Å². The maximum absolute atomic E-state index is 12.8. The molecule has 21 heavy (non-hydrogen) atoms. The third-order valence-electron chi connectivity index (χ3n) is 3.96. The van der Waals surface area contributed by atoms with Gasteiger partial charge in [-0.1, -0.05) is 11.6 Å². The molecule has 1 aliphatic heterocycles. The number of amides is 1. The van der Waals surface area contributed by atoms with Crippen LogP contribution in [0.2, 0.25) is 5.02 Å². The van der Waals surface area contributed by atoms with Gasteiger partial charge in [-0.15, -0.1) is 0 Å². The molecule has 5 heteroatoms. The normalized spacial score (nSPS) is 16.2. The number of rotatable bonds is 4. The van der Waals surface area contributed by atoms with Crippen molar-refractivity contribution in [1.29, 1.82) is 0 Å². The molecule has 0 spiro atoms. The quantitative estimate of drug-likeness (QED) is 0.752. The molecule has 0 bridgehead atoms. The van der Waals surface area contributed by atoms with Gasteiger partial charge in [-0.3, -0.25) is 4.79 Å². The average Bonchev–Trinajstić information content (AvgIpc) is 2.47. The van der Waals surface area contributed by atoms with Gasteiger partial charge in [-0.25, -0.2) is 0 Å². The number of halogens is 2. The van der Waals surface area contributed by atoms with Crippen LogP contribution in [0.25, 0.3) is 0 Å². The smallest absolute Gasteiger partial charge is 0.254 e. The highest BCUT2D eigenvalue weighted by Crippen LogP contribution is 2.22. The molecule has 1 amide bonds. The summed E-state index contributed by atoms with van der Waals surface area (Å²) in [5.74, 6) is 0.679. The van der Waals surface area contributed by atoms with Gasteiger partial charge in [-0.2, -0.15) is 0 Å². The monoisotopic (exact) mass is 420 g/mol. The van der Waals surface area contributed by atoms with Crippen molar-refractivity contribution in [1.82, 2.24) is 10.2 Å². The zero-order valence-corrected chi connectivity index (χ0v) is 15.4. The summed E-state index contributed by atoms with van der Waals surface area (Å²) in [5.41, 5.74) is 0.683. The van der Waals surface area contributed by atoms with E-state index in [1.54, 1.807) is 6.07 Å². The van der Waals surface area contributed by atoms with Crippen molar-refractivity contribution in [3.05, 3.63) is 32.4 Å². The number of nitrogens with one attached hydrogen (secondary N) is 1. The summed E-state index contributed by atoms with van der Waals surface area (Å²) in [6.07, 6.45) is 2.29. The predicted octanol–water partition coefficient (Wildman–Crippen LogP) is 3.79. The van der Waals surface area contributed by atoms with Crippen molar-refractivity contribution >= 4 is 40.1 Å². The van der Waals surface area contributed by atoms with E-state index >= 15 is 0 Å². The van der Waals surface area contributed by atoms with Crippen molar-refractivity contribution in [2.24, 2.45) is 5.92 Å². The van der Waals surface area contributed by atoms with Gasteiger partial charge in [0.1, 0.15) is 0 Å². The van der Waals surface area contributed by atoms with Gasteiger partial charge in [0.2, 0.25) is 0 Å². The van der Waals surface area contributed by atoms with Crippen molar-refractivity contribution in [3.63, 3.8) is 0 Å². The highest BCUT2D eigenvalue weighted by molar-refractivity contribution is 14.1. The number of hydrogen-bond acceptors (Lipinski definition) is 2. The first kappa shape index (κ1) is 17.0. The molecule has 0 saturated carbocycles. The fourth-order valence-electron chi connectivity index (χ4n) is 2.67. The maximum atomic E-state index is 12.8. The number of carbonyl (C=O) groups excluding carboxylic acids is 1. The first-order valence-corrected chi connectivity index (χ1v) is 8.91. The van der Waals surface area contributed by atoms with Crippen LogP contribution in [0.1, 0.15) is 37.0 Å². The van der Waals surface area contributed by atoms with Crippen molar-refractivity contribution in [2.45, 2.75) is 32.7 Å². The molecule has 0 atom stereocenters. The Kier molecular flexibility index (Phi) is 6.32. The minimum absolute atomic E-state index is 0.0850. The Bertz CT molecular complexity index is 501. The lowest BCUT2D eigenvalue weighted by Gasteiger charge is -2.33. The van der Waals surface area contributed by atoms with Crippen LogP contribution in [0.4, 0.5) is 0 Å². The lowest BCUT2D eigenvalue weighted by molar-refractivity contribution is 0.0658. The summed E-state index contributed by atoms with van der Waals surface area (Å²) in [4.78, 5) is 14.8. The number of hydrogen-bond donors (Lipinski definition) is 1. The summed E-state index contributed by atoms with van der Waals surface area (Å²) in [6, 6.07) is 5.75. The van der Waals surface area contributed by atoms with Crippen LogP contribution >= 0.6 is 34.2 Å². The van der Waals surface area contributed by atoms with E-state index in [1.165, 1.54) is 0 Å². The molecule has 0 aromatic heterocycles. The number of piperidine rings is 1. The number of benzene rings is 1. The first-order chi connectivity index (χ1) is 9.99. The fourth-order valence-corrected chi connectivity index (χ4v) is 3.18. The minimum Gasteiger partial charge on any atom is -0.336 e. The second-order valence-corrected chi connectivity index (χ2v) is 7.44. The molecular weight excluding hydrogens is 399 g/mol. The Hall–Kier alpha value is -0.330. The Labute approximate surface area is 145 Å². The van der Waals surface area contributed by atoms with E-state index in [-0.39, 0.29) is 11.9 Å². The third kappa shape index (κ3) is 4.57. The zero-order chi connectivity index (χ0) is 15.4. The van der Waals surface area contributed by atoms with Gasteiger partial charge in [0.25, 0.3) is 5.91 Å². The Morgan fingerprint density at radius 2 is 2.10 bits per heavy atom. The Balaban J connectivity index is 2.12. The van der Waals surface area contributed by atoms with Crippen molar-refractivity contribution < 1.29 is 4.79 Å². The highest BCUT2D eigenvalue weighted by atomic mass is 127. The Morgan fingerprint density at radius 3 is 2.67 bits per heavy atom. The van der Waals surface area contributed by atoms with Gasteiger partial charge in [-0.05, 0) is 86.5 Å². The number of carbonyl (C=O) groups is 1. The van der Waals surface area contributed by atoms with Crippen LogP contribution in [-0.4, -0.2) is 36.5 Å². The van der Waals surface area contributed by atoms with E-state index < -0.39 is 0 Å². The van der Waals surface area contributed by atoms with Gasteiger partial charge in [0.15, 0.2) is 0 Å². The van der Waals surface area contributed by atoms with Crippen LogP contribution in [0.3, 0.4) is 0 Å². The summed E-state index contributed by atoms with van der Waals surface area (Å²) in [7, 11) is 0. The lowest BCUT2D eigenvalue weighted by Crippen LogP contribution is -2.43. The predicted molar refractivity (Wildman–Crippen MR) is 95.9 cm³/mol. The van der Waals surface area contributed by atoms with Crippen LogP contribution in [0.15, 0.2) is 18.2 Å². The average molecular weight is 421 g/mol. The van der Waals surface area contributed by atoms with E-state index in [0.29, 0.717) is 16.5 Å². The molecule has 0 aliphatic carbocycles. The topological polar surface area (TPSA) is 32.3 Å². The van der Waals surface area contributed by atoms with E-state index in [2.05, 4.69) is 41.8 Å². The van der Waals surface area contributed by atoms with Gasteiger partial charge < -0.3 is 10.2 Å². The SMILES string of the molecule is CC(C)N(CC1CCNCC1)C(=O)c1ccc(I)c(Cl)c1. The van der Waals surface area contributed by atoms with Crippen LogP contribution in [-0.2, 0) is 0 Å². The van der Waals surface area contributed by atoms with E-state index in [0.717, 1.165) is 36.0 Å². The lowest BCUT2D eigenvalue weighted by atomic mass is 9.96. The van der Waals surface area contributed by atoms with Crippen LogP contribution in [0, 0.1) is 9.49 Å². The summed E-state index contributed by atoms with van der Waals surface area (Å²) in [6.45, 7) is 7.10. The molecule has 1 N–H and O–H groups in total. The fraction of sp³-hybridized carbons (Fsp3) is 0.562. The molecule has 116 valence electrons. The summed E-state index contributed by atoms with van der Waals surface area (Å²) in [5, 5.41) is 4.02. The molecule has 0 radical (unpaired) electrons. The summed E-state index contributed by atoms with van der Waals surface area (Å²) >= 11 is 8.32. The second-order valence-electron chi connectivity index (χ2n) is 5.87. The third-order valence-corrected chi connectivity index (χ3v) is 5.54. The van der Waals surface area contributed by atoms with Crippen molar-refractivity contribution in [2.75, 3.05) is 19.6 Å². The Morgan fingerprint density at radius 1 is 1.43 bits per heavy atom. The number of nitrogens with zero attached hydrogens (tertiary/aromatic N) is 1. The molecule has 2 rings (SSSR count). The molecule has 1 aromatic carbocycles. The molecule has 0 unspecified atom stereocenters. The van der Waals surface area contributed by atoms with Crippen LogP contribution < -0.4 is 5.32 Å². The molecule has 1 saturated heterocycles.